The van der Waals surface area contributed by atoms with Crippen molar-refractivity contribution < 1.29 is 20.1 Å². The van der Waals surface area contributed by atoms with Gasteiger partial charge in [-0.1, -0.05) is 71.8 Å². The maximum absolute atomic E-state index is 4.89. The van der Waals surface area contributed by atoms with Crippen LogP contribution in [0.5, 0.6) is 0 Å². The van der Waals surface area contributed by atoms with E-state index in [4.69, 9.17) is 4.98 Å². The van der Waals surface area contributed by atoms with Gasteiger partial charge in [-0.15, -0.1) is 71.3 Å². The molecule has 49 heavy (non-hydrogen) atoms. The van der Waals surface area contributed by atoms with Crippen LogP contribution in [0, 0.1) is 39.8 Å². The monoisotopic (exact) mass is 810 g/mol. The van der Waals surface area contributed by atoms with Gasteiger partial charge in [0.05, 0.1) is 5.52 Å². The average molecular weight is 810 g/mol. The molecule has 0 bridgehead atoms. The van der Waals surface area contributed by atoms with Crippen LogP contribution in [-0.2, 0) is 20.1 Å². The maximum atomic E-state index is 4.89. The van der Waals surface area contributed by atoms with Crippen LogP contribution in [-0.4, -0.2) is 15.0 Å². The van der Waals surface area contributed by atoms with E-state index in [1.165, 1.54) is 55.1 Å². The number of fused-ring (bicyclic) bond motifs is 3. The predicted molar refractivity (Wildman–Crippen MR) is 200 cm³/mol. The zero-order valence-electron chi connectivity index (χ0n) is 28.0. The zero-order valence-corrected chi connectivity index (χ0v) is 30.3. The van der Waals surface area contributed by atoms with Crippen LogP contribution in [0.4, 0.5) is 0 Å². The van der Waals surface area contributed by atoms with Crippen LogP contribution in [0.2, 0.25) is 0 Å². The van der Waals surface area contributed by atoms with Crippen molar-refractivity contribution >= 4 is 21.7 Å². The molecule has 0 unspecified atom stereocenters. The smallest absolute Gasteiger partial charge is 0.0717 e. The van der Waals surface area contributed by atoms with E-state index in [-0.39, 0.29) is 20.1 Å². The zero-order chi connectivity index (χ0) is 33.0. The Labute approximate surface area is 302 Å². The minimum atomic E-state index is 0. The molecule has 0 aliphatic rings. The Morgan fingerprint density at radius 1 is 0.490 bits per heavy atom. The van der Waals surface area contributed by atoms with Crippen molar-refractivity contribution in [2.24, 2.45) is 0 Å². The van der Waals surface area contributed by atoms with Gasteiger partial charge in [-0.2, -0.15) is 0 Å². The molecule has 0 spiro atoms. The summed E-state index contributed by atoms with van der Waals surface area (Å²) in [6.45, 7) is 8.53. The van der Waals surface area contributed by atoms with Crippen LogP contribution < -0.4 is 0 Å². The van der Waals surface area contributed by atoms with E-state index >= 15 is 0 Å². The fourth-order valence-electron chi connectivity index (χ4n) is 6.25. The maximum Gasteiger partial charge on any atom is 0.0717 e. The number of hydrogen-bond donors (Lipinski definition) is 0. The van der Waals surface area contributed by atoms with Gasteiger partial charge in [0.25, 0.3) is 0 Å². The summed E-state index contributed by atoms with van der Waals surface area (Å²) in [5.74, 6) is 0. The molecule has 0 N–H and O–H groups in total. The first-order valence-electron chi connectivity index (χ1n) is 16.2. The second-order valence-electron chi connectivity index (χ2n) is 12.2. The number of pyridine rings is 3. The third-order valence-corrected chi connectivity index (χ3v) is 8.68. The third-order valence-electron chi connectivity index (χ3n) is 8.68. The molecule has 241 valence electrons. The summed E-state index contributed by atoms with van der Waals surface area (Å²) in [6.07, 6.45) is 3.65. The summed E-state index contributed by atoms with van der Waals surface area (Å²) in [4.78, 5) is 13.7. The molecule has 4 heteroatoms. The summed E-state index contributed by atoms with van der Waals surface area (Å²) in [5.41, 5.74) is 14.6. The van der Waals surface area contributed by atoms with E-state index in [0.717, 1.165) is 33.7 Å². The quantitative estimate of drug-likeness (QED) is 0.131. The standard InChI is InChI=1S/C34H27N2.C11H8N.Ir/c1-21-11-13-29-30-14-12-23(3)36-34(30)20-32(31(29)17-21)28-10-6-9-27(24(28)4)25-7-5-8-26(19-25)33-18-22(2)15-16-35-33;1-2-6-10(7-3-1)11-8-4-5-9-12-11;/h5-7,9-20H,1-4H3;1-6,8-9H;/q2*-1;. The van der Waals surface area contributed by atoms with Gasteiger partial charge < -0.3 is 9.97 Å². The van der Waals surface area contributed by atoms with Gasteiger partial charge in [0.2, 0.25) is 0 Å². The number of benzene rings is 5. The number of hydrogen-bond acceptors (Lipinski definition) is 3. The topological polar surface area (TPSA) is 38.7 Å². The van der Waals surface area contributed by atoms with E-state index in [9.17, 15) is 0 Å². The van der Waals surface area contributed by atoms with Crippen molar-refractivity contribution in [3.8, 4) is 44.8 Å². The van der Waals surface area contributed by atoms with Crippen molar-refractivity contribution in [1.29, 1.82) is 0 Å². The summed E-state index contributed by atoms with van der Waals surface area (Å²) in [7, 11) is 0. The molecule has 8 aromatic rings. The Bertz CT molecular complexity index is 2350. The minimum absolute atomic E-state index is 0. The average Bonchev–Trinajstić information content (AvgIpc) is 3.12. The summed E-state index contributed by atoms with van der Waals surface area (Å²) >= 11 is 0. The van der Waals surface area contributed by atoms with Gasteiger partial charge in [0.15, 0.2) is 0 Å². The van der Waals surface area contributed by atoms with E-state index in [1.807, 2.05) is 60.8 Å². The Morgan fingerprint density at radius 2 is 1.27 bits per heavy atom. The molecule has 0 fully saturated rings. The van der Waals surface area contributed by atoms with Gasteiger partial charge in [-0.05, 0) is 96.4 Å². The van der Waals surface area contributed by atoms with Gasteiger partial charge in [0, 0.05) is 43.6 Å². The van der Waals surface area contributed by atoms with E-state index < -0.39 is 0 Å². The van der Waals surface area contributed by atoms with Crippen molar-refractivity contribution in [3.63, 3.8) is 0 Å². The predicted octanol–water partition coefficient (Wildman–Crippen LogP) is 11.4. The SMILES string of the molecule is Cc1ccnc(-c2[c-]ccc(-c3cccc(-c4cc5nc(C)ccc5c5ccc(C)cc45)c3C)c2)c1.[Ir].[c-]1ccccc1-c1ccccn1. The van der Waals surface area contributed by atoms with Crippen LogP contribution in [0.25, 0.3) is 66.4 Å². The van der Waals surface area contributed by atoms with Gasteiger partial charge in [0.1, 0.15) is 0 Å². The second-order valence-corrected chi connectivity index (χ2v) is 12.2. The molecule has 0 saturated heterocycles. The molecule has 3 heterocycles. The molecule has 0 aliphatic heterocycles. The number of aromatic nitrogens is 3. The Morgan fingerprint density at radius 3 is 2.06 bits per heavy atom. The molecule has 3 aromatic heterocycles. The first kappa shape index (κ1) is 33.6. The molecular formula is C45H35IrN3-2. The molecular weight excluding hydrogens is 775 g/mol. The molecule has 5 aromatic carbocycles. The van der Waals surface area contributed by atoms with Crippen LogP contribution in [0.1, 0.15) is 22.4 Å². The van der Waals surface area contributed by atoms with Crippen molar-refractivity contribution in [1.82, 2.24) is 15.0 Å². The molecule has 3 nitrogen and oxygen atoms in total. The number of aryl methyl sites for hydroxylation is 3. The van der Waals surface area contributed by atoms with Gasteiger partial charge in [-0.3, -0.25) is 4.98 Å². The number of nitrogens with zero attached hydrogens (tertiary/aromatic N) is 3. The third kappa shape index (κ3) is 7.27. The van der Waals surface area contributed by atoms with Crippen LogP contribution >= 0.6 is 0 Å². The molecule has 0 atom stereocenters. The van der Waals surface area contributed by atoms with E-state index in [1.54, 1.807) is 6.20 Å². The van der Waals surface area contributed by atoms with E-state index in [0.29, 0.717) is 0 Å². The summed E-state index contributed by atoms with van der Waals surface area (Å²) in [6, 6.07) is 50.5. The van der Waals surface area contributed by atoms with E-state index in [2.05, 4.69) is 123 Å². The molecule has 8 rings (SSSR count). The van der Waals surface area contributed by atoms with Crippen LogP contribution in [0.3, 0.4) is 0 Å². The van der Waals surface area contributed by atoms with Crippen molar-refractivity contribution in [2.45, 2.75) is 27.7 Å². The minimum Gasteiger partial charge on any atom is -0.305 e. The van der Waals surface area contributed by atoms with Crippen molar-refractivity contribution in [2.75, 3.05) is 0 Å². The molecule has 0 amide bonds. The Kier molecular flexibility index (Phi) is 10.2. The molecule has 0 saturated carbocycles. The first-order valence-corrected chi connectivity index (χ1v) is 16.2. The second kappa shape index (κ2) is 14.9. The van der Waals surface area contributed by atoms with Crippen LogP contribution in [0.15, 0.2) is 140 Å². The Hall–Kier alpha value is -5.28. The molecule has 0 aliphatic carbocycles. The summed E-state index contributed by atoms with van der Waals surface area (Å²) in [5, 5.41) is 3.70. The Balaban J connectivity index is 0.000000270. The summed E-state index contributed by atoms with van der Waals surface area (Å²) < 4.78 is 0. The number of rotatable bonds is 4. The largest absolute Gasteiger partial charge is 0.305 e. The van der Waals surface area contributed by atoms with Gasteiger partial charge in [-0.25, -0.2) is 0 Å². The van der Waals surface area contributed by atoms with Gasteiger partial charge >= 0.3 is 0 Å². The fourth-order valence-corrected chi connectivity index (χ4v) is 6.25. The van der Waals surface area contributed by atoms with Crippen molar-refractivity contribution in [3.05, 3.63) is 174 Å². The molecule has 1 radical (unpaired) electrons. The first-order chi connectivity index (χ1) is 23.4. The normalized spacial score (nSPS) is 10.7. The fraction of sp³-hybridized carbons (Fsp3) is 0.0889.